The van der Waals surface area contributed by atoms with Crippen LogP contribution in [-0.2, 0) is 0 Å². The molecule has 0 amide bonds. The molecule has 0 radical (unpaired) electrons. The Balaban J connectivity index is 1.68. The highest BCUT2D eigenvalue weighted by molar-refractivity contribution is 5.98. The standard InChI is InChI=1S/C19H24N2O2/c1-19(2,10-13-21-11-6-7-12-21)18(22)17-14-16(20-23-17)15-8-4-3-5-9-15/h3-5,8-9,14H,6-7,10-13H2,1-2H3. The van der Waals surface area contributed by atoms with Gasteiger partial charge in [-0.3, -0.25) is 4.79 Å². The first-order valence-electron chi connectivity index (χ1n) is 8.35. The first-order valence-corrected chi connectivity index (χ1v) is 8.35. The summed E-state index contributed by atoms with van der Waals surface area (Å²) in [5.74, 6) is 0.390. The molecule has 1 saturated heterocycles. The van der Waals surface area contributed by atoms with E-state index in [1.807, 2.05) is 44.2 Å². The Bertz CT molecular complexity index is 655. The van der Waals surface area contributed by atoms with E-state index in [9.17, 15) is 4.79 Å². The summed E-state index contributed by atoms with van der Waals surface area (Å²) in [4.78, 5) is 15.2. The number of hydrogen-bond acceptors (Lipinski definition) is 4. The molecule has 0 unspecified atom stereocenters. The minimum Gasteiger partial charge on any atom is -0.352 e. The highest BCUT2D eigenvalue weighted by Crippen LogP contribution is 2.29. The van der Waals surface area contributed by atoms with Crippen LogP contribution < -0.4 is 0 Å². The van der Waals surface area contributed by atoms with Gasteiger partial charge in [0, 0.05) is 17.0 Å². The summed E-state index contributed by atoms with van der Waals surface area (Å²) in [5, 5.41) is 4.05. The number of Topliss-reactive ketones (excluding diaryl/α,β-unsaturated/α-hetero) is 1. The van der Waals surface area contributed by atoms with Crippen LogP contribution in [0, 0.1) is 5.41 Å². The Labute approximate surface area is 137 Å². The van der Waals surface area contributed by atoms with E-state index >= 15 is 0 Å². The van der Waals surface area contributed by atoms with Crippen LogP contribution in [0.4, 0.5) is 0 Å². The zero-order chi connectivity index (χ0) is 16.3. The quantitative estimate of drug-likeness (QED) is 0.755. The number of ketones is 1. The lowest BCUT2D eigenvalue weighted by atomic mass is 9.83. The maximum absolute atomic E-state index is 12.8. The number of likely N-dealkylation sites (tertiary alicyclic amines) is 1. The predicted molar refractivity (Wildman–Crippen MR) is 90.3 cm³/mol. The number of benzene rings is 1. The Morgan fingerprint density at radius 2 is 1.91 bits per heavy atom. The molecular weight excluding hydrogens is 288 g/mol. The van der Waals surface area contributed by atoms with E-state index < -0.39 is 5.41 Å². The minimum absolute atomic E-state index is 0.0337. The van der Waals surface area contributed by atoms with Crippen molar-refractivity contribution in [1.82, 2.24) is 10.1 Å². The van der Waals surface area contributed by atoms with Gasteiger partial charge in [-0.2, -0.15) is 0 Å². The van der Waals surface area contributed by atoms with Crippen molar-refractivity contribution in [3.8, 4) is 11.3 Å². The average molecular weight is 312 g/mol. The second kappa shape index (κ2) is 6.67. The van der Waals surface area contributed by atoms with Gasteiger partial charge >= 0.3 is 0 Å². The van der Waals surface area contributed by atoms with Crippen LogP contribution in [0.3, 0.4) is 0 Å². The van der Waals surface area contributed by atoms with Crippen molar-refractivity contribution in [3.63, 3.8) is 0 Å². The van der Waals surface area contributed by atoms with Gasteiger partial charge in [0.15, 0.2) is 0 Å². The van der Waals surface area contributed by atoms with Gasteiger partial charge in [-0.15, -0.1) is 0 Å². The molecule has 1 aliphatic heterocycles. The number of carbonyl (C=O) groups is 1. The fraction of sp³-hybridized carbons (Fsp3) is 0.474. The van der Waals surface area contributed by atoms with Crippen molar-refractivity contribution >= 4 is 5.78 Å². The SMILES string of the molecule is CC(C)(CCN1CCCC1)C(=O)c1cc(-c2ccccc2)no1. The Morgan fingerprint density at radius 1 is 1.22 bits per heavy atom. The van der Waals surface area contributed by atoms with Crippen LogP contribution in [0.25, 0.3) is 11.3 Å². The Morgan fingerprint density at radius 3 is 2.61 bits per heavy atom. The fourth-order valence-corrected chi connectivity index (χ4v) is 3.02. The molecule has 0 N–H and O–H groups in total. The largest absolute Gasteiger partial charge is 0.352 e. The smallest absolute Gasteiger partial charge is 0.206 e. The van der Waals surface area contributed by atoms with Crippen LogP contribution in [0.1, 0.15) is 43.7 Å². The van der Waals surface area contributed by atoms with Gasteiger partial charge in [0.2, 0.25) is 11.5 Å². The lowest BCUT2D eigenvalue weighted by molar-refractivity contribution is 0.0771. The van der Waals surface area contributed by atoms with E-state index in [4.69, 9.17) is 4.52 Å². The van der Waals surface area contributed by atoms with Crippen molar-refractivity contribution in [2.24, 2.45) is 5.41 Å². The summed E-state index contributed by atoms with van der Waals surface area (Å²) in [6.07, 6.45) is 3.39. The van der Waals surface area contributed by atoms with Crippen LogP contribution in [0.5, 0.6) is 0 Å². The molecule has 1 aromatic carbocycles. The first-order chi connectivity index (χ1) is 11.1. The van der Waals surface area contributed by atoms with Gasteiger partial charge in [-0.05, 0) is 38.9 Å². The van der Waals surface area contributed by atoms with Gasteiger partial charge in [0.05, 0.1) is 0 Å². The molecule has 0 bridgehead atoms. The molecule has 1 fully saturated rings. The molecule has 2 aromatic rings. The van der Waals surface area contributed by atoms with Gasteiger partial charge < -0.3 is 9.42 Å². The molecule has 0 aliphatic carbocycles. The lowest BCUT2D eigenvalue weighted by Crippen LogP contribution is -2.30. The molecular formula is C19H24N2O2. The summed E-state index contributed by atoms with van der Waals surface area (Å²) in [5.41, 5.74) is 1.24. The summed E-state index contributed by atoms with van der Waals surface area (Å²) in [6, 6.07) is 11.5. The number of hydrogen-bond donors (Lipinski definition) is 0. The Hall–Kier alpha value is -1.94. The topological polar surface area (TPSA) is 46.3 Å². The maximum atomic E-state index is 12.8. The van der Waals surface area contributed by atoms with E-state index in [-0.39, 0.29) is 5.78 Å². The third-order valence-electron chi connectivity index (χ3n) is 4.67. The summed E-state index contributed by atoms with van der Waals surface area (Å²) < 4.78 is 5.33. The molecule has 0 atom stereocenters. The molecule has 2 heterocycles. The molecule has 4 nitrogen and oxygen atoms in total. The van der Waals surface area contributed by atoms with Crippen molar-refractivity contribution in [1.29, 1.82) is 0 Å². The first kappa shape index (κ1) is 15.9. The summed E-state index contributed by atoms with van der Waals surface area (Å²) >= 11 is 0. The molecule has 0 saturated carbocycles. The predicted octanol–water partition coefficient (Wildman–Crippen LogP) is 4.04. The second-order valence-electron chi connectivity index (χ2n) is 6.95. The number of carbonyl (C=O) groups excluding carboxylic acids is 1. The van der Waals surface area contributed by atoms with Gasteiger partial charge in [-0.25, -0.2) is 0 Å². The molecule has 4 heteroatoms. The average Bonchev–Trinajstić information content (AvgIpc) is 3.25. The van der Waals surface area contributed by atoms with E-state index in [0.29, 0.717) is 11.5 Å². The van der Waals surface area contributed by atoms with Crippen LogP contribution in [0.2, 0.25) is 0 Å². The lowest BCUT2D eigenvalue weighted by Gasteiger charge is -2.24. The molecule has 3 rings (SSSR count). The molecule has 0 spiro atoms. The molecule has 23 heavy (non-hydrogen) atoms. The van der Waals surface area contributed by atoms with Gasteiger partial charge in [0.1, 0.15) is 5.69 Å². The monoisotopic (exact) mass is 312 g/mol. The Kier molecular flexibility index (Phi) is 4.62. The van der Waals surface area contributed by atoms with Crippen LogP contribution in [-0.4, -0.2) is 35.5 Å². The van der Waals surface area contributed by atoms with E-state index in [2.05, 4.69) is 10.1 Å². The van der Waals surface area contributed by atoms with Gasteiger partial charge in [-0.1, -0.05) is 49.3 Å². The van der Waals surface area contributed by atoms with Gasteiger partial charge in [0.25, 0.3) is 0 Å². The zero-order valence-corrected chi connectivity index (χ0v) is 13.9. The van der Waals surface area contributed by atoms with Crippen molar-refractivity contribution in [2.45, 2.75) is 33.1 Å². The normalized spacial score (nSPS) is 15.9. The molecule has 1 aliphatic rings. The van der Waals surface area contributed by atoms with E-state index in [0.717, 1.165) is 31.6 Å². The number of rotatable bonds is 6. The minimum atomic E-state index is -0.434. The van der Waals surface area contributed by atoms with E-state index in [1.165, 1.54) is 12.8 Å². The molecule has 122 valence electrons. The highest BCUT2D eigenvalue weighted by atomic mass is 16.5. The number of nitrogens with zero attached hydrogens (tertiary/aromatic N) is 2. The zero-order valence-electron chi connectivity index (χ0n) is 13.9. The van der Waals surface area contributed by atoms with Crippen LogP contribution >= 0.6 is 0 Å². The van der Waals surface area contributed by atoms with Crippen molar-refractivity contribution < 1.29 is 9.32 Å². The number of aromatic nitrogens is 1. The van der Waals surface area contributed by atoms with Crippen molar-refractivity contribution in [3.05, 3.63) is 42.2 Å². The maximum Gasteiger partial charge on any atom is 0.206 e. The fourth-order valence-electron chi connectivity index (χ4n) is 3.02. The third kappa shape index (κ3) is 3.70. The van der Waals surface area contributed by atoms with Crippen LogP contribution in [0.15, 0.2) is 40.9 Å². The second-order valence-corrected chi connectivity index (χ2v) is 6.95. The summed E-state index contributed by atoms with van der Waals surface area (Å²) in [7, 11) is 0. The van der Waals surface area contributed by atoms with E-state index in [1.54, 1.807) is 6.07 Å². The highest BCUT2D eigenvalue weighted by Gasteiger charge is 2.32. The summed E-state index contributed by atoms with van der Waals surface area (Å²) in [6.45, 7) is 7.28. The molecule has 1 aromatic heterocycles. The third-order valence-corrected chi connectivity index (χ3v) is 4.67. The van der Waals surface area contributed by atoms with Crippen molar-refractivity contribution in [2.75, 3.05) is 19.6 Å².